The van der Waals surface area contributed by atoms with E-state index in [4.69, 9.17) is 4.74 Å². The zero-order valence-electron chi connectivity index (χ0n) is 11.7. The highest BCUT2D eigenvalue weighted by Crippen LogP contribution is 2.34. The van der Waals surface area contributed by atoms with Crippen molar-refractivity contribution in [2.45, 2.75) is 36.4 Å². The third-order valence-corrected chi connectivity index (χ3v) is 5.24. The first-order valence-electron chi connectivity index (χ1n) is 6.84. The van der Waals surface area contributed by atoms with Gasteiger partial charge in [-0.15, -0.1) is 0 Å². The molecule has 2 atom stereocenters. The molecule has 5 nitrogen and oxygen atoms in total. The number of nitrogens with one attached hydrogen (secondary N) is 1. The van der Waals surface area contributed by atoms with Crippen LogP contribution in [0.3, 0.4) is 0 Å². The van der Waals surface area contributed by atoms with Crippen LogP contribution in [0.25, 0.3) is 0 Å². The van der Waals surface area contributed by atoms with Gasteiger partial charge in [0.05, 0.1) is 11.0 Å². The van der Waals surface area contributed by atoms with Crippen LogP contribution in [0.5, 0.6) is 0 Å². The van der Waals surface area contributed by atoms with Crippen LogP contribution in [0.1, 0.15) is 18.4 Å². The van der Waals surface area contributed by atoms with Gasteiger partial charge < -0.3 is 4.74 Å². The van der Waals surface area contributed by atoms with Crippen molar-refractivity contribution in [1.29, 1.82) is 0 Å². The number of aryl methyl sites for hydroxylation is 1. The Bertz CT molecular complexity index is 693. The van der Waals surface area contributed by atoms with E-state index in [1.54, 1.807) is 30.3 Å². The predicted octanol–water partition coefficient (Wildman–Crippen LogP) is 1.33. The Morgan fingerprint density at radius 3 is 2.76 bits per heavy atom. The minimum atomic E-state index is -3.60. The molecule has 0 aromatic heterocycles. The Kier molecular flexibility index (Phi) is 3.47. The molecule has 0 saturated carbocycles. The number of fused-ring (bicyclic) bond motifs is 2. The maximum atomic E-state index is 12.3. The first kappa shape index (κ1) is 14.4. The molecule has 21 heavy (non-hydrogen) atoms. The van der Waals surface area contributed by atoms with Crippen LogP contribution in [0, 0.1) is 6.92 Å². The number of sulfonamides is 1. The van der Waals surface area contributed by atoms with Gasteiger partial charge in [0.15, 0.2) is 0 Å². The molecule has 6 heteroatoms. The largest absolute Gasteiger partial charge is 0.361 e. The molecule has 0 radical (unpaired) electrons. The molecule has 0 aliphatic carbocycles. The fraction of sp³-hybridized carbons (Fsp3) is 0.400. The third-order valence-electron chi connectivity index (χ3n) is 3.82. The van der Waals surface area contributed by atoms with E-state index in [9.17, 15) is 13.2 Å². The molecule has 1 fully saturated rings. The second-order valence-corrected chi connectivity index (χ2v) is 7.40. The summed E-state index contributed by atoms with van der Waals surface area (Å²) in [6.45, 7) is 1.97. The van der Waals surface area contributed by atoms with Gasteiger partial charge in [0.1, 0.15) is 11.4 Å². The summed E-state index contributed by atoms with van der Waals surface area (Å²) in [5.74, 6) is 0.103. The molecule has 112 valence electrons. The molecule has 2 unspecified atom stereocenters. The van der Waals surface area contributed by atoms with Crippen LogP contribution >= 0.6 is 0 Å². The first-order valence-corrected chi connectivity index (χ1v) is 8.32. The van der Waals surface area contributed by atoms with Gasteiger partial charge in [-0.3, -0.25) is 4.79 Å². The number of ketones is 1. The summed E-state index contributed by atoms with van der Waals surface area (Å²) in [5, 5.41) is 0. The lowest BCUT2D eigenvalue weighted by atomic mass is 9.95. The lowest BCUT2D eigenvalue weighted by Gasteiger charge is -2.32. The van der Waals surface area contributed by atoms with Crippen LogP contribution in [-0.4, -0.2) is 32.5 Å². The Labute approximate surface area is 124 Å². The maximum absolute atomic E-state index is 12.3. The van der Waals surface area contributed by atoms with E-state index in [0.717, 1.165) is 5.56 Å². The molecule has 2 heterocycles. The van der Waals surface area contributed by atoms with Crippen molar-refractivity contribution in [3.63, 3.8) is 0 Å². The van der Waals surface area contributed by atoms with Crippen LogP contribution in [-0.2, 0) is 19.6 Å². The fourth-order valence-electron chi connectivity index (χ4n) is 2.68. The van der Waals surface area contributed by atoms with Crippen LogP contribution in [0.4, 0.5) is 0 Å². The second-order valence-electron chi connectivity index (χ2n) is 5.64. The van der Waals surface area contributed by atoms with Crippen molar-refractivity contribution in [2.24, 2.45) is 0 Å². The van der Waals surface area contributed by atoms with Crippen molar-refractivity contribution in [3.8, 4) is 0 Å². The highest BCUT2D eigenvalue weighted by molar-refractivity contribution is 7.89. The Balaban J connectivity index is 1.74. The van der Waals surface area contributed by atoms with Gasteiger partial charge in [-0.05, 0) is 19.1 Å². The van der Waals surface area contributed by atoms with Gasteiger partial charge in [0.25, 0.3) is 0 Å². The molecule has 1 aromatic rings. The lowest BCUT2D eigenvalue weighted by Crippen LogP contribution is -2.47. The Hall–Kier alpha value is -1.50. The number of Topliss-reactive ketones (excluding diaryl/α,β-unsaturated/α-hetero) is 1. The molecular formula is C15H17NO4S. The minimum absolute atomic E-state index is 0.0714. The average Bonchev–Trinajstić information content (AvgIpc) is 2.73. The molecule has 0 spiro atoms. The summed E-state index contributed by atoms with van der Waals surface area (Å²) >= 11 is 0. The van der Waals surface area contributed by atoms with Crippen LogP contribution < -0.4 is 4.72 Å². The zero-order chi connectivity index (χ0) is 15.1. The van der Waals surface area contributed by atoms with Gasteiger partial charge in [-0.2, -0.15) is 0 Å². The maximum Gasteiger partial charge on any atom is 0.240 e. The van der Waals surface area contributed by atoms with Gasteiger partial charge in [0, 0.05) is 19.4 Å². The number of carbonyl (C=O) groups is 1. The standard InChI is InChI=1S/C15H17NO4S/c1-11-2-4-14(5-3-11)21(18,19)16-10-15-7-6-13(20-15)8-12(17)9-15/h2-7,13,16H,8-10H2,1H3. The zero-order valence-corrected chi connectivity index (χ0v) is 12.5. The van der Waals surface area contributed by atoms with E-state index in [0.29, 0.717) is 6.42 Å². The molecule has 0 amide bonds. The Morgan fingerprint density at radius 1 is 1.33 bits per heavy atom. The number of rotatable bonds is 4. The molecule has 1 aromatic carbocycles. The number of hydrogen-bond acceptors (Lipinski definition) is 4. The molecule has 1 saturated heterocycles. The Morgan fingerprint density at radius 2 is 2.05 bits per heavy atom. The molecule has 2 aliphatic heterocycles. The van der Waals surface area contributed by atoms with Crippen molar-refractivity contribution < 1.29 is 17.9 Å². The molecule has 3 rings (SSSR count). The predicted molar refractivity (Wildman–Crippen MR) is 77.4 cm³/mol. The number of carbonyl (C=O) groups excluding carboxylic acids is 1. The molecular weight excluding hydrogens is 290 g/mol. The smallest absolute Gasteiger partial charge is 0.240 e. The first-order chi connectivity index (χ1) is 9.89. The third kappa shape index (κ3) is 2.92. The summed E-state index contributed by atoms with van der Waals surface area (Å²) in [4.78, 5) is 11.9. The summed E-state index contributed by atoms with van der Waals surface area (Å²) in [6.07, 6.45) is 4.03. The number of ether oxygens (including phenoxy) is 1. The van der Waals surface area contributed by atoms with E-state index in [2.05, 4.69) is 4.72 Å². The van der Waals surface area contributed by atoms with Crippen LogP contribution in [0.15, 0.2) is 41.3 Å². The molecule has 2 bridgehead atoms. The van der Waals surface area contributed by atoms with E-state index in [1.807, 2.05) is 13.0 Å². The SMILES string of the molecule is Cc1ccc(S(=O)(=O)NCC23C=CC(CC(=O)C2)O3)cc1. The second kappa shape index (κ2) is 5.05. The summed E-state index contributed by atoms with van der Waals surface area (Å²) < 4.78 is 32.8. The van der Waals surface area contributed by atoms with Crippen molar-refractivity contribution in [2.75, 3.05) is 6.54 Å². The van der Waals surface area contributed by atoms with Crippen molar-refractivity contribution >= 4 is 15.8 Å². The highest BCUT2D eigenvalue weighted by Gasteiger charge is 2.43. The molecule has 2 aliphatic rings. The topological polar surface area (TPSA) is 72.5 Å². The summed E-state index contributed by atoms with van der Waals surface area (Å²) in [6, 6.07) is 6.63. The summed E-state index contributed by atoms with van der Waals surface area (Å²) in [5.41, 5.74) is 0.174. The van der Waals surface area contributed by atoms with Gasteiger partial charge >= 0.3 is 0 Å². The van der Waals surface area contributed by atoms with Crippen molar-refractivity contribution in [3.05, 3.63) is 42.0 Å². The van der Waals surface area contributed by atoms with Gasteiger partial charge in [-0.1, -0.05) is 29.8 Å². The number of benzene rings is 1. The monoisotopic (exact) mass is 307 g/mol. The summed E-state index contributed by atoms with van der Waals surface area (Å²) in [7, 11) is -3.60. The van der Waals surface area contributed by atoms with E-state index >= 15 is 0 Å². The lowest BCUT2D eigenvalue weighted by molar-refractivity contribution is -0.136. The average molecular weight is 307 g/mol. The number of hydrogen-bond donors (Lipinski definition) is 1. The van der Waals surface area contributed by atoms with Crippen LogP contribution in [0.2, 0.25) is 0 Å². The van der Waals surface area contributed by atoms with E-state index < -0.39 is 15.6 Å². The van der Waals surface area contributed by atoms with Gasteiger partial charge in [0.2, 0.25) is 10.0 Å². The van der Waals surface area contributed by atoms with E-state index in [-0.39, 0.29) is 29.7 Å². The highest BCUT2D eigenvalue weighted by atomic mass is 32.2. The fourth-order valence-corrected chi connectivity index (χ4v) is 3.78. The minimum Gasteiger partial charge on any atom is -0.361 e. The van der Waals surface area contributed by atoms with E-state index in [1.165, 1.54) is 0 Å². The quantitative estimate of drug-likeness (QED) is 0.852. The van der Waals surface area contributed by atoms with Crippen molar-refractivity contribution in [1.82, 2.24) is 4.72 Å². The van der Waals surface area contributed by atoms with Gasteiger partial charge in [-0.25, -0.2) is 13.1 Å². The normalized spacial score (nSPS) is 28.0. The molecule has 1 N–H and O–H groups in total.